The highest BCUT2D eigenvalue weighted by atomic mass is 16.5. The summed E-state index contributed by atoms with van der Waals surface area (Å²) in [6.07, 6.45) is -1.28. The molecule has 2 unspecified atom stereocenters. The first-order valence-electron chi connectivity index (χ1n) is 5.10. The average molecular weight is 240 g/mol. The fourth-order valence-corrected chi connectivity index (χ4v) is 1.41. The topological polar surface area (TPSA) is 106 Å². The van der Waals surface area contributed by atoms with Crippen LogP contribution in [0.4, 0.5) is 5.82 Å². The molecular formula is C11H16N2O4. The molecule has 1 aromatic heterocycles. The standard InChI is InChI=1S/C11H16N2O4/c1-6-3-7(11(12)13-5-6)10(16)8(14)4-9(15)17-2/h3,5,8,10,14,16H,4H2,1-2H3,(H2,12,13). The number of nitrogens with zero attached hydrogens (tertiary/aromatic N) is 1. The van der Waals surface area contributed by atoms with Crippen LogP contribution in [0.5, 0.6) is 0 Å². The molecule has 0 aliphatic heterocycles. The lowest BCUT2D eigenvalue weighted by Crippen LogP contribution is -2.23. The molecule has 0 radical (unpaired) electrons. The molecule has 6 nitrogen and oxygen atoms in total. The molecule has 0 bridgehead atoms. The third-order valence-corrected chi connectivity index (χ3v) is 2.37. The number of rotatable bonds is 4. The van der Waals surface area contributed by atoms with E-state index < -0.39 is 18.2 Å². The van der Waals surface area contributed by atoms with E-state index in [0.29, 0.717) is 5.56 Å². The van der Waals surface area contributed by atoms with E-state index in [4.69, 9.17) is 5.73 Å². The lowest BCUT2D eigenvalue weighted by atomic mass is 10.0. The molecule has 94 valence electrons. The van der Waals surface area contributed by atoms with Gasteiger partial charge in [0.2, 0.25) is 0 Å². The molecule has 0 aliphatic rings. The van der Waals surface area contributed by atoms with Gasteiger partial charge < -0.3 is 20.7 Å². The Balaban J connectivity index is 2.84. The second-order valence-corrected chi connectivity index (χ2v) is 3.78. The Bertz CT molecular complexity index is 408. The van der Waals surface area contributed by atoms with E-state index in [-0.39, 0.29) is 12.2 Å². The highest BCUT2D eigenvalue weighted by Crippen LogP contribution is 2.24. The Hall–Kier alpha value is -1.66. The van der Waals surface area contributed by atoms with Crippen molar-refractivity contribution in [2.45, 2.75) is 25.6 Å². The van der Waals surface area contributed by atoms with E-state index in [1.54, 1.807) is 19.2 Å². The minimum absolute atomic E-state index is 0.131. The van der Waals surface area contributed by atoms with Crippen molar-refractivity contribution in [3.05, 3.63) is 23.4 Å². The number of pyridine rings is 1. The number of aromatic nitrogens is 1. The van der Waals surface area contributed by atoms with Crippen LogP contribution in [-0.2, 0) is 9.53 Å². The number of anilines is 1. The Morgan fingerprint density at radius 2 is 2.24 bits per heavy atom. The summed E-state index contributed by atoms with van der Waals surface area (Å²) in [5, 5.41) is 19.5. The van der Waals surface area contributed by atoms with Gasteiger partial charge in [-0.3, -0.25) is 4.79 Å². The van der Waals surface area contributed by atoms with Gasteiger partial charge in [-0.25, -0.2) is 4.98 Å². The number of aryl methyl sites for hydroxylation is 1. The zero-order valence-corrected chi connectivity index (χ0v) is 9.75. The number of methoxy groups -OCH3 is 1. The molecule has 2 atom stereocenters. The second-order valence-electron chi connectivity index (χ2n) is 3.78. The monoisotopic (exact) mass is 240 g/mol. The molecule has 4 N–H and O–H groups in total. The SMILES string of the molecule is COC(=O)CC(O)C(O)c1cc(C)cnc1N. The summed E-state index contributed by atoms with van der Waals surface area (Å²) in [6, 6.07) is 1.62. The molecule has 1 heterocycles. The Morgan fingerprint density at radius 1 is 1.59 bits per heavy atom. The maximum Gasteiger partial charge on any atom is 0.308 e. The fourth-order valence-electron chi connectivity index (χ4n) is 1.41. The van der Waals surface area contributed by atoms with Crippen LogP contribution in [0.2, 0.25) is 0 Å². The van der Waals surface area contributed by atoms with Crippen molar-refractivity contribution in [2.24, 2.45) is 0 Å². The zero-order chi connectivity index (χ0) is 13.0. The maximum absolute atomic E-state index is 11.0. The van der Waals surface area contributed by atoms with Crippen molar-refractivity contribution in [3.63, 3.8) is 0 Å². The molecule has 0 aromatic carbocycles. The van der Waals surface area contributed by atoms with Crippen molar-refractivity contribution in [2.75, 3.05) is 12.8 Å². The molecular weight excluding hydrogens is 224 g/mol. The van der Waals surface area contributed by atoms with Gasteiger partial charge in [-0.05, 0) is 18.6 Å². The van der Waals surface area contributed by atoms with E-state index in [9.17, 15) is 15.0 Å². The highest BCUT2D eigenvalue weighted by molar-refractivity contribution is 5.69. The van der Waals surface area contributed by atoms with Crippen LogP contribution in [0.3, 0.4) is 0 Å². The van der Waals surface area contributed by atoms with Crippen molar-refractivity contribution >= 4 is 11.8 Å². The van der Waals surface area contributed by atoms with Crippen molar-refractivity contribution in [1.82, 2.24) is 4.98 Å². The molecule has 0 aliphatic carbocycles. The third-order valence-electron chi connectivity index (χ3n) is 2.37. The smallest absolute Gasteiger partial charge is 0.308 e. The first-order valence-corrected chi connectivity index (χ1v) is 5.10. The number of aliphatic hydroxyl groups is 2. The van der Waals surface area contributed by atoms with Crippen LogP contribution in [0.25, 0.3) is 0 Å². The van der Waals surface area contributed by atoms with E-state index in [0.717, 1.165) is 5.56 Å². The van der Waals surface area contributed by atoms with Crippen molar-refractivity contribution in [3.8, 4) is 0 Å². The summed E-state index contributed by atoms with van der Waals surface area (Å²) in [5.41, 5.74) is 6.70. The second kappa shape index (κ2) is 5.60. The van der Waals surface area contributed by atoms with Gasteiger partial charge >= 0.3 is 5.97 Å². The largest absolute Gasteiger partial charge is 0.469 e. The van der Waals surface area contributed by atoms with Gasteiger partial charge in [0.25, 0.3) is 0 Å². The zero-order valence-electron chi connectivity index (χ0n) is 9.75. The maximum atomic E-state index is 11.0. The number of nitrogens with two attached hydrogens (primary N) is 1. The number of hydrogen-bond donors (Lipinski definition) is 3. The number of carbonyl (C=O) groups excluding carboxylic acids is 1. The summed E-state index contributed by atoms with van der Waals surface area (Å²) in [6.45, 7) is 1.79. The molecule has 6 heteroatoms. The predicted octanol–water partition coefficient (Wildman–Crippen LogP) is -0.0704. The average Bonchev–Trinajstić information content (AvgIpc) is 2.31. The predicted molar refractivity (Wildman–Crippen MR) is 61.0 cm³/mol. The molecule has 0 fully saturated rings. The molecule has 0 spiro atoms. The first-order chi connectivity index (χ1) is 7.95. The molecule has 1 aromatic rings. The fraction of sp³-hybridized carbons (Fsp3) is 0.455. The molecule has 0 saturated carbocycles. The van der Waals surface area contributed by atoms with Gasteiger partial charge in [0.05, 0.1) is 19.6 Å². The molecule has 0 amide bonds. The summed E-state index contributed by atoms with van der Waals surface area (Å²) in [7, 11) is 1.21. The van der Waals surface area contributed by atoms with Gasteiger partial charge in [-0.2, -0.15) is 0 Å². The normalized spacial score (nSPS) is 14.1. The van der Waals surface area contributed by atoms with Crippen LogP contribution in [0, 0.1) is 6.92 Å². The molecule has 0 saturated heterocycles. The van der Waals surface area contributed by atoms with Crippen LogP contribution >= 0.6 is 0 Å². The highest BCUT2D eigenvalue weighted by Gasteiger charge is 2.24. The van der Waals surface area contributed by atoms with Gasteiger partial charge in [0.15, 0.2) is 0 Å². The van der Waals surface area contributed by atoms with Gasteiger partial charge in [-0.15, -0.1) is 0 Å². The lowest BCUT2D eigenvalue weighted by molar-refractivity contribution is -0.144. The quantitative estimate of drug-likeness (QED) is 0.636. The van der Waals surface area contributed by atoms with Gasteiger partial charge in [0.1, 0.15) is 11.9 Å². The summed E-state index contributed by atoms with van der Waals surface area (Å²) in [4.78, 5) is 14.8. The molecule has 17 heavy (non-hydrogen) atoms. The van der Waals surface area contributed by atoms with E-state index in [2.05, 4.69) is 9.72 Å². The molecule has 1 rings (SSSR count). The summed E-state index contributed by atoms with van der Waals surface area (Å²) >= 11 is 0. The first kappa shape index (κ1) is 13.4. The van der Waals surface area contributed by atoms with Crippen LogP contribution in [0.15, 0.2) is 12.3 Å². The summed E-state index contributed by atoms with van der Waals surface area (Å²) in [5.74, 6) is -0.470. The lowest BCUT2D eigenvalue weighted by Gasteiger charge is -2.18. The van der Waals surface area contributed by atoms with Gasteiger partial charge in [0, 0.05) is 11.8 Å². The number of ether oxygens (including phenoxy) is 1. The van der Waals surface area contributed by atoms with Crippen LogP contribution in [-0.4, -0.2) is 34.4 Å². The minimum Gasteiger partial charge on any atom is -0.469 e. The van der Waals surface area contributed by atoms with Gasteiger partial charge in [-0.1, -0.05) is 0 Å². The van der Waals surface area contributed by atoms with Crippen molar-refractivity contribution in [1.29, 1.82) is 0 Å². The number of hydrogen-bond acceptors (Lipinski definition) is 6. The van der Waals surface area contributed by atoms with Crippen LogP contribution < -0.4 is 5.73 Å². The number of nitrogen functional groups attached to an aromatic ring is 1. The summed E-state index contributed by atoms with van der Waals surface area (Å²) < 4.78 is 4.40. The number of esters is 1. The Labute approximate surface area is 99.0 Å². The van der Waals surface area contributed by atoms with E-state index >= 15 is 0 Å². The Morgan fingerprint density at radius 3 is 2.82 bits per heavy atom. The number of aliphatic hydroxyl groups excluding tert-OH is 2. The van der Waals surface area contributed by atoms with E-state index in [1.165, 1.54) is 7.11 Å². The van der Waals surface area contributed by atoms with Crippen LogP contribution in [0.1, 0.15) is 23.7 Å². The minimum atomic E-state index is -1.27. The van der Waals surface area contributed by atoms with E-state index in [1.807, 2.05) is 0 Å². The Kier molecular flexibility index (Phi) is 4.42. The number of carbonyl (C=O) groups is 1. The third kappa shape index (κ3) is 3.40. The van der Waals surface area contributed by atoms with Crippen molar-refractivity contribution < 1.29 is 19.7 Å².